The van der Waals surface area contributed by atoms with Gasteiger partial charge in [-0.05, 0) is 42.9 Å². The third-order valence-corrected chi connectivity index (χ3v) is 3.41. The molecule has 0 aromatic carbocycles. The van der Waals surface area contributed by atoms with Crippen LogP contribution in [0.3, 0.4) is 0 Å². The van der Waals surface area contributed by atoms with E-state index in [4.69, 9.17) is 11.5 Å². The number of nitrogens with two attached hydrogens (primary N) is 2. The molecule has 0 spiro atoms. The summed E-state index contributed by atoms with van der Waals surface area (Å²) in [6, 6.07) is 0. The molecule has 0 radical (unpaired) electrons. The Bertz CT molecular complexity index is 93.8. The molecule has 0 bridgehead atoms. The Morgan fingerprint density at radius 2 is 1.60 bits per heavy atom. The summed E-state index contributed by atoms with van der Waals surface area (Å²) in [4.78, 5) is 0. The molecule has 1 saturated heterocycles. The maximum absolute atomic E-state index is 5.66. The average molecular weight is 160 g/mol. The van der Waals surface area contributed by atoms with Gasteiger partial charge < -0.3 is 11.5 Å². The van der Waals surface area contributed by atoms with E-state index in [1.807, 2.05) is 11.8 Å². The number of hydrogen-bond donors (Lipinski definition) is 2. The lowest BCUT2D eigenvalue weighted by Crippen LogP contribution is -2.40. The fourth-order valence-corrected chi connectivity index (χ4v) is 2.65. The fraction of sp³-hybridized carbons (Fsp3) is 1.00. The number of hydrogen-bond acceptors (Lipinski definition) is 3. The maximum atomic E-state index is 5.66. The van der Waals surface area contributed by atoms with Crippen molar-refractivity contribution in [3.63, 3.8) is 0 Å². The molecule has 0 amide bonds. The fourth-order valence-electron chi connectivity index (χ4n) is 1.30. The second-order valence-corrected chi connectivity index (χ2v) is 4.25. The van der Waals surface area contributed by atoms with Gasteiger partial charge in [0.15, 0.2) is 0 Å². The largest absolute Gasteiger partial charge is 0.330 e. The number of thioether (sulfide) groups is 1. The molecule has 2 nitrogen and oxygen atoms in total. The minimum Gasteiger partial charge on any atom is -0.330 e. The Hall–Kier alpha value is 0.270. The molecular weight excluding hydrogens is 144 g/mol. The summed E-state index contributed by atoms with van der Waals surface area (Å²) < 4.78 is 0. The van der Waals surface area contributed by atoms with Gasteiger partial charge in [-0.1, -0.05) is 0 Å². The van der Waals surface area contributed by atoms with Gasteiger partial charge in [-0.15, -0.1) is 0 Å². The van der Waals surface area contributed by atoms with Crippen molar-refractivity contribution in [1.82, 2.24) is 0 Å². The first kappa shape index (κ1) is 8.37. The summed E-state index contributed by atoms with van der Waals surface area (Å²) in [5.74, 6) is 2.49. The molecule has 60 valence electrons. The van der Waals surface area contributed by atoms with Crippen molar-refractivity contribution < 1.29 is 0 Å². The van der Waals surface area contributed by atoms with E-state index in [-0.39, 0.29) is 0 Å². The molecule has 0 aliphatic carbocycles. The molecule has 1 rings (SSSR count). The lowest BCUT2D eigenvalue weighted by Gasteiger charge is -2.34. The zero-order valence-corrected chi connectivity index (χ0v) is 7.12. The Kier molecular flexibility index (Phi) is 3.01. The van der Waals surface area contributed by atoms with Crippen LogP contribution < -0.4 is 11.5 Å². The van der Waals surface area contributed by atoms with E-state index >= 15 is 0 Å². The van der Waals surface area contributed by atoms with Gasteiger partial charge in [-0.25, -0.2) is 0 Å². The molecule has 1 aliphatic heterocycles. The van der Waals surface area contributed by atoms with E-state index in [1.54, 1.807) is 0 Å². The normalized spacial score (nSPS) is 24.6. The van der Waals surface area contributed by atoms with E-state index < -0.39 is 0 Å². The van der Waals surface area contributed by atoms with Gasteiger partial charge >= 0.3 is 0 Å². The van der Waals surface area contributed by atoms with Crippen LogP contribution in [-0.4, -0.2) is 24.6 Å². The van der Waals surface area contributed by atoms with Crippen LogP contribution in [0, 0.1) is 5.41 Å². The van der Waals surface area contributed by atoms with Crippen molar-refractivity contribution in [2.45, 2.75) is 12.8 Å². The van der Waals surface area contributed by atoms with Crippen molar-refractivity contribution >= 4 is 11.8 Å². The predicted molar refractivity (Wildman–Crippen MR) is 47.1 cm³/mol. The first-order chi connectivity index (χ1) is 4.83. The van der Waals surface area contributed by atoms with Crippen molar-refractivity contribution in [3.05, 3.63) is 0 Å². The van der Waals surface area contributed by atoms with Crippen LogP contribution in [-0.2, 0) is 0 Å². The summed E-state index contributed by atoms with van der Waals surface area (Å²) >= 11 is 2.02. The standard InChI is InChI=1S/C7H16N2S/c8-5-7(6-9)1-3-10-4-2-7/h1-6,8-9H2. The van der Waals surface area contributed by atoms with Crippen LogP contribution in [0.5, 0.6) is 0 Å². The van der Waals surface area contributed by atoms with Crippen LogP contribution in [0.25, 0.3) is 0 Å². The summed E-state index contributed by atoms with van der Waals surface area (Å²) in [5.41, 5.74) is 11.6. The molecule has 4 N–H and O–H groups in total. The van der Waals surface area contributed by atoms with Crippen LogP contribution in [0.2, 0.25) is 0 Å². The first-order valence-electron chi connectivity index (χ1n) is 3.81. The van der Waals surface area contributed by atoms with Crippen LogP contribution >= 0.6 is 11.8 Å². The molecule has 0 saturated carbocycles. The van der Waals surface area contributed by atoms with Gasteiger partial charge in [0.1, 0.15) is 0 Å². The van der Waals surface area contributed by atoms with E-state index in [2.05, 4.69) is 0 Å². The lowest BCUT2D eigenvalue weighted by atomic mass is 9.82. The third kappa shape index (κ3) is 1.65. The first-order valence-corrected chi connectivity index (χ1v) is 4.96. The quantitative estimate of drug-likeness (QED) is 0.615. The zero-order valence-electron chi connectivity index (χ0n) is 6.31. The summed E-state index contributed by atoms with van der Waals surface area (Å²) in [5, 5.41) is 0. The second-order valence-electron chi connectivity index (χ2n) is 3.02. The zero-order chi connectivity index (χ0) is 7.45. The van der Waals surface area contributed by atoms with Crippen molar-refractivity contribution in [3.8, 4) is 0 Å². The molecule has 1 heterocycles. The molecule has 1 fully saturated rings. The highest BCUT2D eigenvalue weighted by atomic mass is 32.2. The van der Waals surface area contributed by atoms with Gasteiger partial charge in [-0.3, -0.25) is 0 Å². The van der Waals surface area contributed by atoms with E-state index in [0.717, 1.165) is 13.1 Å². The highest BCUT2D eigenvalue weighted by Crippen LogP contribution is 2.32. The van der Waals surface area contributed by atoms with Crippen LogP contribution in [0.4, 0.5) is 0 Å². The SMILES string of the molecule is NCC1(CN)CCSCC1. The molecule has 0 aromatic rings. The molecule has 3 heteroatoms. The average Bonchev–Trinajstić information content (AvgIpc) is 2.06. The van der Waals surface area contributed by atoms with Crippen LogP contribution in [0.15, 0.2) is 0 Å². The van der Waals surface area contributed by atoms with Gasteiger partial charge in [0.25, 0.3) is 0 Å². The molecular formula is C7H16N2S. The summed E-state index contributed by atoms with van der Waals surface area (Å²) in [7, 11) is 0. The Morgan fingerprint density at radius 1 is 1.10 bits per heavy atom. The summed E-state index contributed by atoms with van der Waals surface area (Å²) in [6.07, 6.45) is 2.43. The second kappa shape index (κ2) is 3.60. The smallest absolute Gasteiger partial charge is 0.000784 e. The summed E-state index contributed by atoms with van der Waals surface area (Å²) in [6.45, 7) is 1.54. The van der Waals surface area contributed by atoms with Gasteiger partial charge in [0.05, 0.1) is 0 Å². The van der Waals surface area contributed by atoms with Gasteiger partial charge in [0, 0.05) is 0 Å². The van der Waals surface area contributed by atoms with Crippen LogP contribution in [0.1, 0.15) is 12.8 Å². The highest BCUT2D eigenvalue weighted by molar-refractivity contribution is 7.99. The number of rotatable bonds is 2. The molecule has 0 aromatic heterocycles. The topological polar surface area (TPSA) is 52.0 Å². The lowest BCUT2D eigenvalue weighted by molar-refractivity contribution is 0.284. The third-order valence-electron chi connectivity index (χ3n) is 2.42. The van der Waals surface area contributed by atoms with Crippen molar-refractivity contribution in [1.29, 1.82) is 0 Å². The molecule has 0 atom stereocenters. The minimum absolute atomic E-state index is 0.297. The van der Waals surface area contributed by atoms with E-state index in [0.29, 0.717) is 5.41 Å². The monoisotopic (exact) mass is 160 g/mol. The Labute approximate surface area is 66.7 Å². The Morgan fingerprint density at radius 3 is 1.90 bits per heavy atom. The van der Waals surface area contributed by atoms with E-state index in [9.17, 15) is 0 Å². The van der Waals surface area contributed by atoms with E-state index in [1.165, 1.54) is 24.3 Å². The highest BCUT2D eigenvalue weighted by Gasteiger charge is 2.28. The molecule has 10 heavy (non-hydrogen) atoms. The molecule has 0 unspecified atom stereocenters. The minimum atomic E-state index is 0.297. The predicted octanol–water partition coefficient (Wildman–Crippen LogP) is 0.417. The molecule has 1 aliphatic rings. The van der Waals surface area contributed by atoms with Crippen molar-refractivity contribution in [2.75, 3.05) is 24.6 Å². The van der Waals surface area contributed by atoms with Gasteiger partial charge in [0.2, 0.25) is 0 Å². The Balaban J connectivity index is 2.44. The maximum Gasteiger partial charge on any atom is -0.000784 e. The van der Waals surface area contributed by atoms with Crippen molar-refractivity contribution in [2.24, 2.45) is 16.9 Å². The van der Waals surface area contributed by atoms with Gasteiger partial charge in [-0.2, -0.15) is 11.8 Å².